The molecule has 1 aromatic carbocycles. The number of hydrogen-bond donors (Lipinski definition) is 2. The van der Waals surface area contributed by atoms with Crippen LogP contribution in [0, 0.1) is 24.6 Å². The summed E-state index contributed by atoms with van der Waals surface area (Å²) in [5.74, 6) is 1.61. The van der Waals surface area contributed by atoms with Crippen LogP contribution in [0.2, 0.25) is 0 Å². The van der Waals surface area contributed by atoms with Gasteiger partial charge in [0.1, 0.15) is 27.7 Å². The number of piperidine rings is 1. The summed E-state index contributed by atoms with van der Waals surface area (Å²) in [7, 11) is 0. The first-order valence-electron chi connectivity index (χ1n) is 11.9. The Balaban J connectivity index is 1.21. The molecule has 1 saturated heterocycles. The lowest BCUT2D eigenvalue weighted by atomic mass is 10.0. The van der Waals surface area contributed by atoms with Crippen LogP contribution in [0.1, 0.15) is 17.1 Å². The first kappa shape index (κ1) is 20.9. The number of H-pyrrole nitrogens is 1. The molecule has 1 saturated carbocycles. The van der Waals surface area contributed by atoms with Crippen molar-refractivity contribution in [2.45, 2.75) is 18.8 Å². The van der Waals surface area contributed by atoms with Crippen molar-refractivity contribution in [3.63, 3.8) is 0 Å². The molecule has 7 rings (SSSR count). The van der Waals surface area contributed by atoms with Gasteiger partial charge in [0.2, 0.25) is 0 Å². The number of benzene rings is 1. The Morgan fingerprint density at radius 3 is 2.91 bits per heavy atom. The highest BCUT2D eigenvalue weighted by atomic mass is 32.1. The second kappa shape index (κ2) is 7.53. The van der Waals surface area contributed by atoms with Gasteiger partial charge in [-0.25, -0.2) is 19.3 Å². The van der Waals surface area contributed by atoms with Crippen molar-refractivity contribution in [1.82, 2.24) is 24.9 Å². The van der Waals surface area contributed by atoms with Crippen molar-refractivity contribution in [3.05, 3.63) is 64.8 Å². The van der Waals surface area contributed by atoms with Crippen LogP contribution in [0.4, 0.5) is 10.2 Å². The van der Waals surface area contributed by atoms with Crippen LogP contribution in [-0.2, 0) is 5.41 Å². The van der Waals surface area contributed by atoms with Gasteiger partial charge in [-0.2, -0.15) is 0 Å². The zero-order valence-corrected chi connectivity index (χ0v) is 20.0. The first-order valence-corrected chi connectivity index (χ1v) is 12.7. The van der Waals surface area contributed by atoms with Crippen LogP contribution in [0.15, 0.2) is 48.2 Å². The third-order valence-corrected chi connectivity index (χ3v) is 9.04. The molecule has 1 aliphatic heterocycles. The van der Waals surface area contributed by atoms with Gasteiger partial charge >= 0.3 is 0 Å². The van der Waals surface area contributed by atoms with E-state index in [2.05, 4.69) is 20.2 Å². The standard InChI is InChI=1S/C26H24FN7S/c1-14-12-35-25(32-14)26(13-28)18-6-8-34(11-19(18)26)21-10-30-23-17(9-31-24(23)33-21)15-4-5-20(27)22-16(15)3-2-7-29-22/h2-5,7,9-10,12,18-19H,6,8,11,13,28H2,1H3,(H,31,33)/t18?,19?,26-/m0/s1. The number of nitrogens with zero attached hydrogens (tertiary/aromatic N) is 5. The molecule has 5 heterocycles. The van der Waals surface area contributed by atoms with E-state index in [-0.39, 0.29) is 11.2 Å². The van der Waals surface area contributed by atoms with E-state index < -0.39 is 0 Å². The number of fused-ring (bicyclic) bond motifs is 3. The molecule has 3 atom stereocenters. The summed E-state index contributed by atoms with van der Waals surface area (Å²) >= 11 is 1.74. The van der Waals surface area contributed by atoms with E-state index in [1.54, 1.807) is 23.6 Å². The molecule has 0 amide bonds. The van der Waals surface area contributed by atoms with Crippen molar-refractivity contribution >= 4 is 39.2 Å². The third kappa shape index (κ3) is 2.98. The molecule has 3 N–H and O–H groups in total. The Hall–Kier alpha value is -3.43. The maximum atomic E-state index is 14.3. The number of aryl methyl sites for hydroxylation is 1. The van der Waals surface area contributed by atoms with Crippen molar-refractivity contribution in [2.24, 2.45) is 17.6 Å². The molecule has 2 fully saturated rings. The summed E-state index contributed by atoms with van der Waals surface area (Å²) in [4.78, 5) is 24.3. The first-order chi connectivity index (χ1) is 17.1. The fourth-order valence-corrected chi connectivity index (χ4v) is 7.21. The fourth-order valence-electron chi connectivity index (χ4n) is 6.08. The normalized spacial score (nSPS) is 23.7. The molecule has 2 aliphatic rings. The van der Waals surface area contributed by atoms with Gasteiger partial charge in [-0.3, -0.25) is 4.98 Å². The molecule has 4 aromatic heterocycles. The fraction of sp³-hybridized carbons (Fsp3) is 0.308. The van der Waals surface area contributed by atoms with Gasteiger partial charge in [0.25, 0.3) is 0 Å². The van der Waals surface area contributed by atoms with Crippen LogP contribution in [-0.4, -0.2) is 44.6 Å². The number of aromatic amines is 1. The van der Waals surface area contributed by atoms with E-state index >= 15 is 0 Å². The van der Waals surface area contributed by atoms with E-state index in [4.69, 9.17) is 20.7 Å². The molecule has 0 spiro atoms. The van der Waals surface area contributed by atoms with Gasteiger partial charge in [0.15, 0.2) is 5.65 Å². The number of pyridine rings is 1. The molecular weight excluding hydrogens is 461 g/mol. The Bertz CT molecular complexity index is 1590. The quantitative estimate of drug-likeness (QED) is 0.391. The molecule has 1 aliphatic carbocycles. The number of nitrogens with two attached hydrogens (primary N) is 1. The Kier molecular flexibility index (Phi) is 4.50. The van der Waals surface area contributed by atoms with Crippen molar-refractivity contribution in [3.8, 4) is 11.1 Å². The second-order valence-electron chi connectivity index (χ2n) is 9.61. The summed E-state index contributed by atoms with van der Waals surface area (Å²) in [6.45, 7) is 4.51. The predicted octanol–water partition coefficient (Wildman–Crippen LogP) is 4.43. The minimum Gasteiger partial charge on any atom is -0.355 e. The van der Waals surface area contributed by atoms with Gasteiger partial charge in [-0.05, 0) is 42.9 Å². The van der Waals surface area contributed by atoms with Gasteiger partial charge < -0.3 is 15.6 Å². The maximum absolute atomic E-state index is 14.3. The molecule has 7 nitrogen and oxygen atoms in total. The number of hydrogen-bond acceptors (Lipinski definition) is 7. The van der Waals surface area contributed by atoms with Crippen LogP contribution < -0.4 is 10.6 Å². The Labute approximate surface area is 205 Å². The number of aromatic nitrogens is 5. The van der Waals surface area contributed by atoms with Crippen molar-refractivity contribution < 1.29 is 4.39 Å². The Morgan fingerprint density at radius 1 is 1.17 bits per heavy atom. The largest absolute Gasteiger partial charge is 0.355 e. The lowest BCUT2D eigenvalue weighted by Crippen LogP contribution is -2.32. The predicted molar refractivity (Wildman–Crippen MR) is 136 cm³/mol. The molecule has 35 heavy (non-hydrogen) atoms. The van der Waals surface area contributed by atoms with Crippen LogP contribution >= 0.6 is 11.3 Å². The smallest absolute Gasteiger partial charge is 0.159 e. The summed E-state index contributed by atoms with van der Waals surface area (Å²) in [6.07, 6.45) is 6.43. The SMILES string of the molecule is Cc1csc([C@@]2(CN)C3CCN(c4cnc5c(-c6ccc(F)c7ncccc67)c[nH]c5n4)CC32)n1. The van der Waals surface area contributed by atoms with Crippen LogP contribution in [0.3, 0.4) is 0 Å². The number of rotatable bonds is 4. The van der Waals surface area contributed by atoms with E-state index in [1.165, 1.54) is 11.1 Å². The highest BCUT2D eigenvalue weighted by Gasteiger charge is 2.67. The highest BCUT2D eigenvalue weighted by Crippen LogP contribution is 2.63. The van der Waals surface area contributed by atoms with Gasteiger partial charge in [-0.15, -0.1) is 11.3 Å². The van der Waals surface area contributed by atoms with E-state index in [0.717, 1.165) is 58.7 Å². The zero-order chi connectivity index (χ0) is 23.7. The number of anilines is 1. The summed E-state index contributed by atoms with van der Waals surface area (Å²) in [6, 6.07) is 6.94. The summed E-state index contributed by atoms with van der Waals surface area (Å²) in [5.41, 5.74) is 11.0. The zero-order valence-electron chi connectivity index (χ0n) is 19.2. The minimum absolute atomic E-state index is 0.00246. The molecule has 0 bridgehead atoms. The molecule has 5 aromatic rings. The number of halogens is 1. The average molecular weight is 486 g/mol. The van der Waals surface area contributed by atoms with E-state index in [0.29, 0.717) is 23.9 Å². The minimum atomic E-state index is -0.331. The number of thiazole rings is 1. The van der Waals surface area contributed by atoms with Crippen LogP contribution in [0.25, 0.3) is 33.2 Å². The highest BCUT2D eigenvalue weighted by molar-refractivity contribution is 7.09. The Morgan fingerprint density at radius 2 is 2.09 bits per heavy atom. The average Bonchev–Trinajstić information content (AvgIpc) is 3.13. The lowest BCUT2D eigenvalue weighted by molar-refractivity contribution is 0.545. The molecule has 2 unspecified atom stereocenters. The maximum Gasteiger partial charge on any atom is 0.159 e. The van der Waals surface area contributed by atoms with Crippen LogP contribution in [0.5, 0.6) is 0 Å². The summed E-state index contributed by atoms with van der Waals surface area (Å²) in [5, 5.41) is 4.06. The second-order valence-corrected chi connectivity index (χ2v) is 10.5. The molecule has 176 valence electrons. The molecular formula is C26H24FN7S. The monoisotopic (exact) mass is 485 g/mol. The summed E-state index contributed by atoms with van der Waals surface area (Å²) < 4.78 is 14.3. The van der Waals surface area contributed by atoms with Gasteiger partial charge in [0.05, 0.1) is 6.20 Å². The van der Waals surface area contributed by atoms with Crippen molar-refractivity contribution in [2.75, 3.05) is 24.5 Å². The number of nitrogens with one attached hydrogen (secondary N) is 1. The third-order valence-electron chi connectivity index (χ3n) is 7.88. The molecule has 0 radical (unpaired) electrons. The molecule has 9 heteroatoms. The van der Waals surface area contributed by atoms with Crippen molar-refractivity contribution in [1.29, 1.82) is 0 Å². The van der Waals surface area contributed by atoms with Gasteiger partial charge in [0, 0.05) is 59.5 Å². The van der Waals surface area contributed by atoms with E-state index in [1.807, 2.05) is 31.5 Å². The topological polar surface area (TPSA) is 96.6 Å². The van der Waals surface area contributed by atoms with Gasteiger partial charge in [-0.1, -0.05) is 12.1 Å². The lowest BCUT2D eigenvalue weighted by Gasteiger charge is -2.26. The van der Waals surface area contributed by atoms with E-state index in [9.17, 15) is 4.39 Å².